The smallest absolute Gasteiger partial charge is 0.266 e. The van der Waals surface area contributed by atoms with E-state index in [0.717, 1.165) is 37.0 Å². The number of pyridine rings is 1. The molecule has 0 amide bonds. The van der Waals surface area contributed by atoms with Crippen molar-refractivity contribution in [2.75, 3.05) is 0 Å². The van der Waals surface area contributed by atoms with Gasteiger partial charge in [0.05, 0.1) is 0 Å². The molecule has 4 rings (SSSR count). The fourth-order valence-electron chi connectivity index (χ4n) is 3.01. The Balaban J connectivity index is 2.10. The molecular weight excluding hydrogens is 309 g/mol. The van der Waals surface area contributed by atoms with Gasteiger partial charge in [-0.05, 0) is 35.7 Å². The Kier molecular flexibility index (Phi) is 3.27. The van der Waals surface area contributed by atoms with E-state index < -0.39 is 6.67 Å². The van der Waals surface area contributed by atoms with Crippen LogP contribution in [-0.2, 0) is 6.67 Å². The molecule has 2 aromatic heterocycles. The number of rotatable bonds is 2. The molecule has 0 saturated carbocycles. The predicted octanol–water partition coefficient (Wildman–Crippen LogP) is 5.19. The van der Waals surface area contributed by atoms with Crippen molar-refractivity contribution in [3.63, 3.8) is 0 Å². The van der Waals surface area contributed by atoms with Gasteiger partial charge in [-0.1, -0.05) is 36.4 Å². The molecule has 0 atom stereocenters. The van der Waals surface area contributed by atoms with Crippen LogP contribution >= 0.6 is 11.3 Å². The van der Waals surface area contributed by atoms with Crippen LogP contribution in [0.1, 0.15) is 10.4 Å². The number of alkyl halides is 1. The van der Waals surface area contributed by atoms with Gasteiger partial charge in [0, 0.05) is 21.2 Å². The van der Waals surface area contributed by atoms with Crippen LogP contribution in [0, 0.1) is 6.92 Å². The summed E-state index contributed by atoms with van der Waals surface area (Å²) in [6, 6.07) is 15.4. The lowest BCUT2D eigenvalue weighted by atomic mass is 9.97. The lowest BCUT2D eigenvalue weighted by molar-refractivity contribution is 0.485. The Morgan fingerprint density at radius 1 is 1.13 bits per heavy atom. The number of thiophene rings is 1. The minimum Gasteiger partial charge on any atom is -0.321 e. The molecule has 0 fully saturated rings. The van der Waals surface area contributed by atoms with Crippen molar-refractivity contribution in [3.8, 4) is 11.1 Å². The predicted molar refractivity (Wildman–Crippen MR) is 94.9 cm³/mol. The van der Waals surface area contributed by atoms with Crippen molar-refractivity contribution in [2.24, 2.45) is 0 Å². The van der Waals surface area contributed by atoms with E-state index in [1.54, 1.807) is 12.1 Å². The maximum Gasteiger partial charge on any atom is 0.266 e. The van der Waals surface area contributed by atoms with Crippen LogP contribution in [-0.4, -0.2) is 4.98 Å². The van der Waals surface area contributed by atoms with Crippen LogP contribution < -0.4 is 5.56 Å². The molecule has 0 spiro atoms. The third-order valence-corrected chi connectivity index (χ3v) is 5.11. The highest BCUT2D eigenvalue weighted by atomic mass is 32.1. The fraction of sp³-hybridized carbons (Fsp3) is 0.105. The SMILES string of the molecule is Cc1cc2c(s1)c(=O)[nH]c1cccc(-c3ccc(CF)cc3)c12. The van der Waals surface area contributed by atoms with Crippen LogP contribution in [0.4, 0.5) is 4.39 Å². The zero-order valence-corrected chi connectivity index (χ0v) is 13.3. The number of fused-ring (bicyclic) bond motifs is 3. The Morgan fingerprint density at radius 3 is 2.65 bits per heavy atom. The Hall–Kier alpha value is -2.46. The summed E-state index contributed by atoms with van der Waals surface area (Å²) in [5, 5.41) is 2.02. The lowest BCUT2D eigenvalue weighted by Gasteiger charge is -2.08. The van der Waals surface area contributed by atoms with Gasteiger partial charge < -0.3 is 4.98 Å². The standard InChI is InChI=1S/C19H14FNOS/c1-11-9-15-17-14(13-7-5-12(10-20)6-8-13)3-2-4-16(17)21-19(22)18(15)23-11/h2-9H,10H2,1H3,(H,21,22). The van der Waals surface area contributed by atoms with Gasteiger partial charge in [0.1, 0.15) is 11.4 Å². The summed E-state index contributed by atoms with van der Waals surface area (Å²) in [7, 11) is 0. The van der Waals surface area contributed by atoms with E-state index in [2.05, 4.69) is 11.1 Å². The van der Waals surface area contributed by atoms with Crippen molar-refractivity contribution in [3.05, 3.63) is 69.3 Å². The number of halogens is 1. The van der Waals surface area contributed by atoms with E-state index in [0.29, 0.717) is 5.56 Å². The molecule has 23 heavy (non-hydrogen) atoms. The quantitative estimate of drug-likeness (QED) is 0.541. The Morgan fingerprint density at radius 2 is 1.91 bits per heavy atom. The van der Waals surface area contributed by atoms with Crippen LogP contribution in [0.2, 0.25) is 0 Å². The van der Waals surface area contributed by atoms with Crippen molar-refractivity contribution < 1.29 is 4.39 Å². The molecule has 0 aliphatic carbocycles. The summed E-state index contributed by atoms with van der Waals surface area (Å²) in [5.41, 5.74) is 3.51. The van der Waals surface area contributed by atoms with Crippen molar-refractivity contribution >= 4 is 32.3 Å². The molecule has 1 N–H and O–H groups in total. The monoisotopic (exact) mass is 323 g/mol. The van der Waals surface area contributed by atoms with Gasteiger partial charge >= 0.3 is 0 Å². The average Bonchev–Trinajstić information content (AvgIpc) is 2.97. The first-order valence-electron chi connectivity index (χ1n) is 7.38. The van der Waals surface area contributed by atoms with Gasteiger partial charge in [0.15, 0.2) is 0 Å². The second kappa shape index (κ2) is 5.32. The van der Waals surface area contributed by atoms with Crippen molar-refractivity contribution in [1.82, 2.24) is 4.98 Å². The number of aromatic nitrogens is 1. The first-order chi connectivity index (χ1) is 11.2. The third kappa shape index (κ3) is 2.26. The molecule has 2 nitrogen and oxygen atoms in total. The summed E-state index contributed by atoms with van der Waals surface area (Å²) in [6.45, 7) is 1.55. The summed E-state index contributed by atoms with van der Waals surface area (Å²) in [4.78, 5) is 16.3. The molecule has 4 aromatic rings. The second-order valence-corrected chi connectivity index (χ2v) is 6.87. The van der Waals surface area contributed by atoms with E-state index in [9.17, 15) is 9.18 Å². The average molecular weight is 323 g/mol. The summed E-state index contributed by atoms with van der Waals surface area (Å²) >= 11 is 1.51. The van der Waals surface area contributed by atoms with E-state index >= 15 is 0 Å². The molecule has 0 aliphatic heterocycles. The van der Waals surface area contributed by atoms with Crippen LogP contribution in [0.5, 0.6) is 0 Å². The number of nitrogens with one attached hydrogen (secondary N) is 1. The molecule has 2 aromatic carbocycles. The molecule has 0 saturated heterocycles. The molecule has 0 aliphatic rings. The van der Waals surface area contributed by atoms with Gasteiger partial charge in [-0.15, -0.1) is 11.3 Å². The van der Waals surface area contributed by atoms with Gasteiger partial charge in [0.25, 0.3) is 5.56 Å². The minimum atomic E-state index is -0.461. The number of hydrogen-bond donors (Lipinski definition) is 1. The molecule has 0 unspecified atom stereocenters. The van der Waals surface area contributed by atoms with Gasteiger partial charge in [-0.2, -0.15) is 0 Å². The van der Waals surface area contributed by atoms with Crippen molar-refractivity contribution in [1.29, 1.82) is 0 Å². The zero-order chi connectivity index (χ0) is 16.0. The molecule has 4 heteroatoms. The second-order valence-electron chi connectivity index (χ2n) is 5.61. The third-order valence-electron chi connectivity index (χ3n) is 4.06. The Bertz CT molecular complexity index is 1080. The minimum absolute atomic E-state index is 0.0458. The lowest BCUT2D eigenvalue weighted by Crippen LogP contribution is -2.04. The summed E-state index contributed by atoms with van der Waals surface area (Å²) in [5.74, 6) is 0. The highest BCUT2D eigenvalue weighted by molar-refractivity contribution is 7.19. The first-order valence-corrected chi connectivity index (χ1v) is 8.19. The van der Waals surface area contributed by atoms with Gasteiger partial charge in [-0.3, -0.25) is 4.79 Å². The van der Waals surface area contributed by atoms with Gasteiger partial charge in [-0.25, -0.2) is 4.39 Å². The highest BCUT2D eigenvalue weighted by Crippen LogP contribution is 2.35. The highest BCUT2D eigenvalue weighted by Gasteiger charge is 2.12. The number of aromatic amines is 1. The fourth-order valence-corrected chi connectivity index (χ4v) is 3.92. The normalized spacial score (nSPS) is 11.4. The van der Waals surface area contributed by atoms with Crippen LogP contribution in [0.25, 0.3) is 32.1 Å². The van der Waals surface area contributed by atoms with E-state index in [-0.39, 0.29) is 5.56 Å². The summed E-state index contributed by atoms with van der Waals surface area (Å²) < 4.78 is 13.5. The topological polar surface area (TPSA) is 32.9 Å². The first kappa shape index (κ1) is 14.2. The maximum absolute atomic E-state index is 12.7. The van der Waals surface area contributed by atoms with E-state index in [4.69, 9.17) is 0 Å². The van der Waals surface area contributed by atoms with E-state index in [1.165, 1.54) is 11.3 Å². The zero-order valence-electron chi connectivity index (χ0n) is 12.5. The van der Waals surface area contributed by atoms with Crippen LogP contribution in [0.3, 0.4) is 0 Å². The van der Waals surface area contributed by atoms with Gasteiger partial charge in [0.2, 0.25) is 0 Å². The molecule has 0 bridgehead atoms. The van der Waals surface area contributed by atoms with Crippen molar-refractivity contribution in [2.45, 2.75) is 13.6 Å². The molecule has 114 valence electrons. The number of hydrogen-bond acceptors (Lipinski definition) is 2. The number of aryl methyl sites for hydroxylation is 1. The largest absolute Gasteiger partial charge is 0.321 e. The number of H-pyrrole nitrogens is 1. The Labute approximate surface area is 136 Å². The molecule has 2 heterocycles. The van der Waals surface area contributed by atoms with E-state index in [1.807, 2.05) is 37.3 Å². The molecular formula is C19H14FNOS. The molecule has 0 radical (unpaired) electrons. The van der Waals surface area contributed by atoms with Crippen LogP contribution in [0.15, 0.2) is 53.3 Å². The summed E-state index contributed by atoms with van der Waals surface area (Å²) in [6.07, 6.45) is 0. The maximum atomic E-state index is 12.7. The number of benzene rings is 2.